The van der Waals surface area contributed by atoms with Gasteiger partial charge in [0.1, 0.15) is 0 Å². The molecule has 3 aromatic carbocycles. The summed E-state index contributed by atoms with van der Waals surface area (Å²) in [6, 6.07) is 22.2. The molecule has 0 unspecified atom stereocenters. The van der Waals surface area contributed by atoms with Gasteiger partial charge in [-0.15, -0.1) is 0 Å². The number of amides is 1. The molecule has 37 heavy (non-hydrogen) atoms. The number of benzene rings is 3. The number of ether oxygens (including phenoxy) is 1. The van der Waals surface area contributed by atoms with Crippen LogP contribution in [0.5, 0.6) is 0 Å². The molecule has 3 aromatic rings. The number of hydrogen-bond acceptors (Lipinski definition) is 5. The largest absolute Gasteiger partial charge is 0.466 e. The van der Waals surface area contributed by atoms with Crippen molar-refractivity contribution in [2.24, 2.45) is 5.92 Å². The van der Waals surface area contributed by atoms with Crippen LogP contribution in [0.2, 0.25) is 0 Å². The van der Waals surface area contributed by atoms with Gasteiger partial charge in [0.15, 0.2) is 0 Å². The maximum absolute atomic E-state index is 14.6. The smallest absolute Gasteiger partial charge is 0.314 e. The lowest BCUT2D eigenvalue weighted by atomic mass is 9.65. The third-order valence-electron chi connectivity index (χ3n) is 6.73. The monoisotopic (exact) mass is 581 g/mol. The molecule has 0 spiro atoms. The fraction of sp³-hybridized carbons (Fsp3) is 0.241. The zero-order chi connectivity index (χ0) is 26.8. The number of aryl methyl sites for hydroxylation is 1. The average Bonchev–Trinajstić information content (AvgIpc) is 2.89. The third-order valence-corrected chi connectivity index (χ3v) is 8.97. The van der Waals surface area contributed by atoms with E-state index in [2.05, 4.69) is 15.9 Å². The summed E-state index contributed by atoms with van der Waals surface area (Å²) in [5.74, 6) is -2.32. The molecule has 0 radical (unpaired) electrons. The Labute approximate surface area is 226 Å². The Bertz CT molecular complexity index is 1430. The minimum atomic E-state index is -4.33. The quantitative estimate of drug-likeness (QED) is 0.326. The minimum absolute atomic E-state index is 0.0105. The Kier molecular flexibility index (Phi) is 7.71. The van der Waals surface area contributed by atoms with Crippen LogP contribution in [-0.4, -0.2) is 31.2 Å². The molecular formula is C29H28BrNO5S. The molecule has 0 saturated heterocycles. The SMILES string of the molecule is CCOC(=O)[C@H]1C=C(c2ccccc2)N(S(=O)(=O)c2ccc(C)cc2)C(=O)[C@]1(CC)c1ccc(Br)cc1. The lowest BCUT2D eigenvalue weighted by Crippen LogP contribution is -2.56. The van der Waals surface area contributed by atoms with E-state index in [9.17, 15) is 18.0 Å². The maximum Gasteiger partial charge on any atom is 0.314 e. The van der Waals surface area contributed by atoms with Crippen molar-refractivity contribution in [2.75, 3.05) is 6.61 Å². The second-order valence-corrected chi connectivity index (χ2v) is 11.6. The first kappa shape index (κ1) is 26.8. The zero-order valence-electron chi connectivity index (χ0n) is 20.8. The van der Waals surface area contributed by atoms with Gasteiger partial charge in [0, 0.05) is 4.47 Å². The summed E-state index contributed by atoms with van der Waals surface area (Å²) < 4.78 is 35.3. The first-order valence-electron chi connectivity index (χ1n) is 12.0. The van der Waals surface area contributed by atoms with Crippen molar-refractivity contribution < 1.29 is 22.7 Å². The Morgan fingerprint density at radius 2 is 1.59 bits per heavy atom. The molecular weight excluding hydrogens is 554 g/mol. The summed E-state index contributed by atoms with van der Waals surface area (Å²) >= 11 is 3.42. The van der Waals surface area contributed by atoms with Gasteiger partial charge in [-0.05, 0) is 61.7 Å². The molecule has 192 valence electrons. The van der Waals surface area contributed by atoms with E-state index >= 15 is 0 Å². The number of sulfonamides is 1. The number of carbonyl (C=O) groups is 2. The van der Waals surface area contributed by atoms with Crippen LogP contribution in [0.4, 0.5) is 0 Å². The molecule has 0 saturated carbocycles. The summed E-state index contributed by atoms with van der Waals surface area (Å²) in [5.41, 5.74) is 0.562. The van der Waals surface area contributed by atoms with Gasteiger partial charge in [-0.1, -0.05) is 83.0 Å². The molecule has 0 fully saturated rings. The highest BCUT2D eigenvalue weighted by molar-refractivity contribution is 9.10. The lowest BCUT2D eigenvalue weighted by Gasteiger charge is -2.44. The van der Waals surface area contributed by atoms with Crippen LogP contribution in [-0.2, 0) is 29.8 Å². The second kappa shape index (κ2) is 10.6. The predicted octanol–water partition coefficient (Wildman–Crippen LogP) is 5.86. The fourth-order valence-electron chi connectivity index (χ4n) is 4.79. The fourth-order valence-corrected chi connectivity index (χ4v) is 6.56. The normalized spacial score (nSPS) is 19.9. The van der Waals surface area contributed by atoms with E-state index in [0.717, 1.165) is 14.3 Å². The van der Waals surface area contributed by atoms with Crippen LogP contribution < -0.4 is 0 Å². The van der Waals surface area contributed by atoms with Gasteiger partial charge >= 0.3 is 5.97 Å². The van der Waals surface area contributed by atoms with Gasteiger partial charge < -0.3 is 4.74 Å². The topological polar surface area (TPSA) is 80.8 Å². The van der Waals surface area contributed by atoms with E-state index in [-0.39, 0.29) is 23.6 Å². The molecule has 1 amide bonds. The number of hydrogen-bond donors (Lipinski definition) is 0. The van der Waals surface area contributed by atoms with Crippen LogP contribution in [0, 0.1) is 12.8 Å². The highest BCUT2D eigenvalue weighted by Crippen LogP contribution is 2.47. The molecule has 1 heterocycles. The average molecular weight is 583 g/mol. The number of carbonyl (C=O) groups excluding carboxylic acids is 2. The van der Waals surface area contributed by atoms with Gasteiger partial charge in [-0.3, -0.25) is 9.59 Å². The van der Waals surface area contributed by atoms with Gasteiger partial charge in [-0.2, -0.15) is 0 Å². The number of esters is 1. The van der Waals surface area contributed by atoms with Crippen molar-refractivity contribution in [1.29, 1.82) is 0 Å². The second-order valence-electron chi connectivity index (χ2n) is 8.87. The summed E-state index contributed by atoms with van der Waals surface area (Å²) in [7, 11) is -4.33. The third kappa shape index (κ3) is 4.76. The Hall–Kier alpha value is -3.23. The first-order valence-corrected chi connectivity index (χ1v) is 14.3. The molecule has 1 aliphatic rings. The van der Waals surface area contributed by atoms with Gasteiger partial charge in [0.05, 0.1) is 28.5 Å². The van der Waals surface area contributed by atoms with Crippen molar-refractivity contribution in [2.45, 2.75) is 37.5 Å². The molecule has 8 heteroatoms. The van der Waals surface area contributed by atoms with E-state index in [1.165, 1.54) is 12.1 Å². The summed E-state index contributed by atoms with van der Waals surface area (Å²) in [4.78, 5) is 28.0. The van der Waals surface area contributed by atoms with Crippen LogP contribution in [0.25, 0.3) is 5.70 Å². The minimum Gasteiger partial charge on any atom is -0.466 e. The zero-order valence-corrected chi connectivity index (χ0v) is 23.3. The summed E-state index contributed by atoms with van der Waals surface area (Å²) in [6.07, 6.45) is 1.75. The number of rotatable bonds is 7. The Morgan fingerprint density at radius 3 is 2.16 bits per heavy atom. The summed E-state index contributed by atoms with van der Waals surface area (Å²) in [5, 5.41) is 0. The van der Waals surface area contributed by atoms with Crippen molar-refractivity contribution in [1.82, 2.24) is 4.31 Å². The van der Waals surface area contributed by atoms with Crippen molar-refractivity contribution in [3.8, 4) is 0 Å². The molecule has 4 rings (SSSR count). The van der Waals surface area contributed by atoms with Crippen LogP contribution >= 0.6 is 15.9 Å². The van der Waals surface area contributed by atoms with Crippen LogP contribution in [0.3, 0.4) is 0 Å². The molecule has 0 bridgehead atoms. The van der Waals surface area contributed by atoms with Crippen molar-refractivity contribution >= 4 is 43.5 Å². The number of nitrogens with zero attached hydrogens (tertiary/aromatic N) is 1. The van der Waals surface area contributed by atoms with Gasteiger partial charge in [0.25, 0.3) is 15.9 Å². The maximum atomic E-state index is 14.6. The van der Waals surface area contributed by atoms with E-state index < -0.39 is 33.2 Å². The highest BCUT2D eigenvalue weighted by Gasteiger charge is 2.57. The van der Waals surface area contributed by atoms with Gasteiger partial charge in [0.2, 0.25) is 0 Å². The van der Waals surface area contributed by atoms with E-state index in [0.29, 0.717) is 11.1 Å². The molecule has 1 aliphatic heterocycles. The lowest BCUT2D eigenvalue weighted by molar-refractivity contribution is -0.153. The van der Waals surface area contributed by atoms with Crippen LogP contribution in [0.1, 0.15) is 37.0 Å². The standard InChI is InChI=1S/C29H28BrNO5S/c1-4-29(22-13-15-23(30)16-14-22)25(27(32)36-5-2)19-26(21-9-7-6-8-10-21)31(28(29)33)37(34,35)24-17-11-20(3)12-18-24/h6-19,25H,4-5H2,1-3H3/t25-,29-/m1/s1. The molecule has 0 aromatic heterocycles. The Morgan fingerprint density at radius 1 is 0.973 bits per heavy atom. The number of halogens is 1. The molecule has 6 nitrogen and oxygen atoms in total. The highest BCUT2D eigenvalue weighted by atomic mass is 79.9. The van der Waals surface area contributed by atoms with Crippen molar-refractivity contribution in [3.63, 3.8) is 0 Å². The van der Waals surface area contributed by atoms with Gasteiger partial charge in [-0.25, -0.2) is 12.7 Å². The van der Waals surface area contributed by atoms with Crippen molar-refractivity contribution in [3.05, 3.63) is 106 Å². The first-order chi connectivity index (χ1) is 17.7. The molecule has 0 N–H and O–H groups in total. The van der Waals surface area contributed by atoms with E-state index in [1.807, 2.05) is 6.92 Å². The summed E-state index contributed by atoms with van der Waals surface area (Å²) in [6.45, 7) is 5.47. The van der Waals surface area contributed by atoms with Crippen LogP contribution in [0.15, 0.2) is 94.3 Å². The molecule has 0 aliphatic carbocycles. The van der Waals surface area contributed by atoms with E-state index in [4.69, 9.17) is 4.74 Å². The van der Waals surface area contributed by atoms with E-state index in [1.54, 1.807) is 86.7 Å². The Balaban J connectivity index is 2.05. The predicted molar refractivity (Wildman–Crippen MR) is 146 cm³/mol. The molecule has 2 atom stereocenters.